The number of nitrogens with two attached hydrogens (primary N) is 1. The van der Waals surface area contributed by atoms with Crippen LogP contribution in [0.2, 0.25) is 0 Å². The number of hydrogen-bond acceptors (Lipinski definition) is 3. The standard InChI is InChI=1S/C22H25N3O2/c1-17(26)24-15-12-19-9-10-20(16-21(19)24)25(14-5-13-23)22(27)11-8-18-6-3-2-4-7-18/h2-4,6-11,16H,5,12-15,23H2,1H3/b11-8+. The second-order valence-corrected chi connectivity index (χ2v) is 6.61. The Labute approximate surface area is 160 Å². The van der Waals surface area contributed by atoms with Gasteiger partial charge in [0.25, 0.3) is 5.91 Å². The van der Waals surface area contributed by atoms with Gasteiger partial charge in [-0.3, -0.25) is 9.59 Å². The van der Waals surface area contributed by atoms with Crippen LogP contribution in [0.3, 0.4) is 0 Å². The second-order valence-electron chi connectivity index (χ2n) is 6.61. The van der Waals surface area contributed by atoms with Crippen LogP contribution in [0, 0.1) is 0 Å². The van der Waals surface area contributed by atoms with Crippen LogP contribution < -0.4 is 15.5 Å². The zero-order valence-electron chi connectivity index (χ0n) is 15.6. The Bertz CT molecular complexity index is 846. The van der Waals surface area contributed by atoms with Gasteiger partial charge in [0.05, 0.1) is 0 Å². The van der Waals surface area contributed by atoms with Crippen LogP contribution in [0.25, 0.3) is 6.08 Å². The summed E-state index contributed by atoms with van der Waals surface area (Å²) in [6.45, 7) is 3.31. The molecule has 0 bridgehead atoms. The maximum atomic E-state index is 12.9. The number of amides is 2. The number of carbonyl (C=O) groups is 2. The summed E-state index contributed by atoms with van der Waals surface area (Å²) in [6, 6.07) is 15.6. The molecule has 2 amide bonds. The summed E-state index contributed by atoms with van der Waals surface area (Å²) in [5, 5.41) is 0. The van der Waals surface area contributed by atoms with E-state index in [2.05, 4.69) is 0 Å². The van der Waals surface area contributed by atoms with Gasteiger partial charge in [-0.25, -0.2) is 0 Å². The summed E-state index contributed by atoms with van der Waals surface area (Å²) < 4.78 is 0. The summed E-state index contributed by atoms with van der Waals surface area (Å²) in [6.07, 6.45) is 4.95. The minimum atomic E-state index is -0.0976. The van der Waals surface area contributed by atoms with Gasteiger partial charge in [0.2, 0.25) is 5.91 Å². The van der Waals surface area contributed by atoms with Crippen LogP contribution >= 0.6 is 0 Å². The fraction of sp³-hybridized carbons (Fsp3) is 0.273. The molecule has 5 nitrogen and oxygen atoms in total. The molecule has 0 fully saturated rings. The third-order valence-corrected chi connectivity index (χ3v) is 4.73. The lowest BCUT2D eigenvalue weighted by Gasteiger charge is -2.23. The van der Waals surface area contributed by atoms with Crippen molar-refractivity contribution in [3.8, 4) is 0 Å². The van der Waals surface area contributed by atoms with Crippen LogP contribution in [-0.2, 0) is 16.0 Å². The smallest absolute Gasteiger partial charge is 0.250 e. The first kappa shape index (κ1) is 18.9. The first-order valence-corrected chi connectivity index (χ1v) is 9.26. The Morgan fingerprint density at radius 2 is 1.96 bits per heavy atom. The predicted molar refractivity (Wildman–Crippen MR) is 110 cm³/mol. The van der Waals surface area contributed by atoms with Crippen molar-refractivity contribution < 1.29 is 9.59 Å². The zero-order valence-corrected chi connectivity index (χ0v) is 15.6. The van der Waals surface area contributed by atoms with Gasteiger partial charge in [0, 0.05) is 37.5 Å². The van der Waals surface area contributed by atoms with E-state index in [1.807, 2.05) is 54.6 Å². The normalized spacial score (nSPS) is 13.0. The first-order valence-electron chi connectivity index (χ1n) is 9.26. The molecule has 0 saturated carbocycles. The van der Waals surface area contributed by atoms with E-state index in [0.717, 1.165) is 28.9 Å². The van der Waals surface area contributed by atoms with Crippen molar-refractivity contribution in [2.75, 3.05) is 29.4 Å². The highest BCUT2D eigenvalue weighted by molar-refractivity contribution is 6.04. The summed E-state index contributed by atoms with van der Waals surface area (Å²) in [5.41, 5.74) is 9.47. The van der Waals surface area contributed by atoms with Crippen molar-refractivity contribution in [3.63, 3.8) is 0 Å². The van der Waals surface area contributed by atoms with Gasteiger partial charge in [0.15, 0.2) is 0 Å². The lowest BCUT2D eigenvalue weighted by atomic mass is 10.1. The number of carbonyl (C=O) groups excluding carboxylic acids is 2. The topological polar surface area (TPSA) is 66.6 Å². The minimum Gasteiger partial charge on any atom is -0.330 e. The van der Waals surface area contributed by atoms with E-state index in [-0.39, 0.29) is 11.8 Å². The molecule has 0 aromatic heterocycles. The highest BCUT2D eigenvalue weighted by Gasteiger charge is 2.24. The molecule has 2 aromatic rings. The minimum absolute atomic E-state index is 0.0229. The third kappa shape index (κ3) is 4.44. The molecular formula is C22H25N3O2. The molecule has 0 spiro atoms. The molecule has 0 aliphatic carbocycles. The Balaban J connectivity index is 1.86. The molecule has 140 valence electrons. The molecule has 0 atom stereocenters. The summed E-state index contributed by atoms with van der Waals surface area (Å²) in [5.74, 6) is -0.0747. The van der Waals surface area contributed by atoms with Gasteiger partial charge in [-0.2, -0.15) is 0 Å². The van der Waals surface area contributed by atoms with Crippen LogP contribution in [0.5, 0.6) is 0 Å². The van der Waals surface area contributed by atoms with Gasteiger partial charge in [-0.1, -0.05) is 36.4 Å². The van der Waals surface area contributed by atoms with E-state index >= 15 is 0 Å². The highest BCUT2D eigenvalue weighted by Crippen LogP contribution is 2.32. The van der Waals surface area contributed by atoms with Crippen molar-refractivity contribution in [2.24, 2.45) is 5.73 Å². The van der Waals surface area contributed by atoms with Crippen molar-refractivity contribution in [1.82, 2.24) is 0 Å². The predicted octanol–water partition coefficient (Wildman–Crippen LogP) is 2.99. The van der Waals surface area contributed by atoms with Crippen molar-refractivity contribution in [3.05, 3.63) is 65.7 Å². The average molecular weight is 363 g/mol. The van der Waals surface area contributed by atoms with E-state index in [9.17, 15) is 9.59 Å². The molecule has 5 heteroatoms. The summed E-state index contributed by atoms with van der Waals surface area (Å²) in [4.78, 5) is 28.2. The monoisotopic (exact) mass is 363 g/mol. The highest BCUT2D eigenvalue weighted by atomic mass is 16.2. The molecule has 3 rings (SSSR count). The fourth-order valence-corrected chi connectivity index (χ4v) is 3.30. The molecule has 1 heterocycles. The lowest BCUT2D eigenvalue weighted by Crippen LogP contribution is -2.32. The number of hydrogen-bond donors (Lipinski definition) is 1. The lowest BCUT2D eigenvalue weighted by molar-refractivity contribution is -0.116. The number of anilines is 2. The first-order chi connectivity index (χ1) is 13.1. The van der Waals surface area contributed by atoms with Gasteiger partial charge < -0.3 is 15.5 Å². The maximum Gasteiger partial charge on any atom is 0.250 e. The number of rotatable bonds is 6. The van der Waals surface area contributed by atoms with Gasteiger partial charge in [-0.15, -0.1) is 0 Å². The molecule has 0 unspecified atom stereocenters. The molecule has 1 aliphatic heterocycles. The molecule has 2 N–H and O–H groups in total. The van der Waals surface area contributed by atoms with Crippen molar-refractivity contribution >= 4 is 29.3 Å². The maximum absolute atomic E-state index is 12.9. The molecular weight excluding hydrogens is 338 g/mol. The molecule has 0 radical (unpaired) electrons. The van der Waals surface area contributed by atoms with E-state index in [4.69, 9.17) is 5.73 Å². The Morgan fingerprint density at radius 3 is 2.67 bits per heavy atom. The van der Waals surface area contributed by atoms with Crippen molar-refractivity contribution in [2.45, 2.75) is 19.8 Å². The van der Waals surface area contributed by atoms with Crippen LogP contribution in [0.1, 0.15) is 24.5 Å². The van der Waals surface area contributed by atoms with Gasteiger partial charge in [-0.05, 0) is 48.7 Å². The molecule has 2 aromatic carbocycles. The number of fused-ring (bicyclic) bond motifs is 1. The Kier molecular flexibility index (Phi) is 6.04. The quantitative estimate of drug-likeness (QED) is 0.803. The fourth-order valence-electron chi connectivity index (χ4n) is 3.30. The zero-order chi connectivity index (χ0) is 19.2. The van der Waals surface area contributed by atoms with Crippen molar-refractivity contribution in [1.29, 1.82) is 0 Å². The van der Waals surface area contributed by atoms with Gasteiger partial charge in [0.1, 0.15) is 0 Å². The number of benzene rings is 2. The van der Waals surface area contributed by atoms with Crippen LogP contribution in [-0.4, -0.2) is 31.4 Å². The van der Waals surface area contributed by atoms with Crippen LogP contribution in [0.4, 0.5) is 11.4 Å². The Morgan fingerprint density at radius 1 is 1.19 bits per heavy atom. The van der Waals surface area contributed by atoms with E-state index < -0.39 is 0 Å². The van der Waals surface area contributed by atoms with E-state index in [0.29, 0.717) is 26.1 Å². The Hall–Kier alpha value is -2.92. The van der Waals surface area contributed by atoms with E-state index in [1.54, 1.807) is 22.8 Å². The molecule has 0 saturated heterocycles. The molecule has 1 aliphatic rings. The third-order valence-electron chi connectivity index (χ3n) is 4.73. The average Bonchev–Trinajstić information content (AvgIpc) is 3.11. The molecule has 27 heavy (non-hydrogen) atoms. The SMILES string of the molecule is CC(=O)N1CCc2ccc(N(CCCN)C(=O)/C=C/c3ccccc3)cc21. The summed E-state index contributed by atoms with van der Waals surface area (Å²) >= 11 is 0. The summed E-state index contributed by atoms with van der Waals surface area (Å²) in [7, 11) is 0. The number of nitrogens with zero attached hydrogens (tertiary/aromatic N) is 2. The largest absolute Gasteiger partial charge is 0.330 e. The van der Waals surface area contributed by atoms with E-state index in [1.165, 1.54) is 0 Å². The van der Waals surface area contributed by atoms with Crippen LogP contribution in [0.15, 0.2) is 54.6 Å². The van der Waals surface area contributed by atoms with Gasteiger partial charge >= 0.3 is 0 Å². The second kappa shape index (κ2) is 8.64.